The zero-order valence-corrected chi connectivity index (χ0v) is 13.0. The van der Waals surface area contributed by atoms with Gasteiger partial charge in [-0.1, -0.05) is 26.2 Å². The van der Waals surface area contributed by atoms with Gasteiger partial charge in [0.1, 0.15) is 6.04 Å². The maximum atomic E-state index is 12.5. The number of nitrogens with one attached hydrogen (secondary N) is 1. The average molecular weight is 296 g/mol. The third-order valence-corrected chi connectivity index (χ3v) is 4.94. The first kappa shape index (κ1) is 16.3. The van der Waals surface area contributed by atoms with Crippen LogP contribution < -0.4 is 5.32 Å². The highest BCUT2D eigenvalue weighted by Crippen LogP contribution is 2.35. The van der Waals surface area contributed by atoms with Crippen LogP contribution in [-0.4, -0.2) is 47.1 Å². The Labute approximate surface area is 127 Å². The van der Waals surface area contributed by atoms with Gasteiger partial charge in [-0.15, -0.1) is 0 Å². The highest BCUT2D eigenvalue weighted by Gasteiger charge is 2.35. The van der Waals surface area contributed by atoms with Crippen LogP contribution in [0.3, 0.4) is 0 Å². The number of carboxylic acid groups (broad SMARTS) is 1. The van der Waals surface area contributed by atoms with Gasteiger partial charge in [0.15, 0.2) is 0 Å². The number of nitrogens with zero attached hydrogens (tertiary/aromatic N) is 1. The van der Waals surface area contributed by atoms with Crippen molar-refractivity contribution < 1.29 is 14.7 Å². The van der Waals surface area contributed by atoms with Gasteiger partial charge in [0.25, 0.3) is 0 Å². The van der Waals surface area contributed by atoms with Crippen LogP contribution in [0.4, 0.5) is 0 Å². The molecule has 0 aromatic rings. The molecule has 1 saturated carbocycles. The van der Waals surface area contributed by atoms with Gasteiger partial charge in [0, 0.05) is 12.6 Å². The molecule has 0 unspecified atom stereocenters. The molecule has 2 N–H and O–H groups in total. The van der Waals surface area contributed by atoms with Gasteiger partial charge >= 0.3 is 5.97 Å². The molecule has 5 nitrogen and oxygen atoms in total. The lowest BCUT2D eigenvalue weighted by Gasteiger charge is -2.44. The monoisotopic (exact) mass is 296 g/mol. The van der Waals surface area contributed by atoms with Crippen LogP contribution in [-0.2, 0) is 9.59 Å². The van der Waals surface area contributed by atoms with E-state index >= 15 is 0 Å². The summed E-state index contributed by atoms with van der Waals surface area (Å²) in [7, 11) is 0. The predicted molar refractivity (Wildman–Crippen MR) is 81.0 cm³/mol. The molecule has 21 heavy (non-hydrogen) atoms. The van der Waals surface area contributed by atoms with Crippen molar-refractivity contribution in [1.82, 2.24) is 10.2 Å². The molecule has 0 bridgehead atoms. The Hall–Kier alpha value is -1.10. The van der Waals surface area contributed by atoms with E-state index in [4.69, 9.17) is 5.11 Å². The molecule has 2 fully saturated rings. The highest BCUT2D eigenvalue weighted by atomic mass is 16.4. The molecule has 5 heteroatoms. The van der Waals surface area contributed by atoms with Crippen molar-refractivity contribution in [3.05, 3.63) is 0 Å². The molecule has 0 spiro atoms. The number of likely N-dealkylation sites (tertiary alicyclic amines) is 1. The molecule has 1 aliphatic heterocycles. The Morgan fingerprint density at radius 2 is 1.95 bits per heavy atom. The van der Waals surface area contributed by atoms with Crippen LogP contribution in [0.25, 0.3) is 0 Å². The van der Waals surface area contributed by atoms with E-state index in [1.165, 1.54) is 25.7 Å². The zero-order valence-electron chi connectivity index (χ0n) is 13.0. The van der Waals surface area contributed by atoms with Crippen LogP contribution in [0.2, 0.25) is 0 Å². The van der Waals surface area contributed by atoms with Crippen molar-refractivity contribution in [2.45, 2.75) is 70.4 Å². The molecule has 2 aliphatic rings. The molecule has 1 amide bonds. The van der Waals surface area contributed by atoms with E-state index < -0.39 is 12.0 Å². The molecule has 1 aliphatic carbocycles. The number of hydrogen-bond acceptors (Lipinski definition) is 3. The first-order chi connectivity index (χ1) is 10.1. The molecule has 1 heterocycles. The Kier molecular flexibility index (Phi) is 6.03. The van der Waals surface area contributed by atoms with Crippen LogP contribution in [0, 0.1) is 5.92 Å². The van der Waals surface area contributed by atoms with Crippen molar-refractivity contribution in [2.24, 2.45) is 5.92 Å². The minimum Gasteiger partial charge on any atom is -0.480 e. The summed E-state index contributed by atoms with van der Waals surface area (Å²) in [4.78, 5) is 25.6. The summed E-state index contributed by atoms with van der Waals surface area (Å²) < 4.78 is 0. The van der Waals surface area contributed by atoms with E-state index in [9.17, 15) is 9.59 Å². The fourth-order valence-electron chi connectivity index (χ4n) is 3.85. The second-order valence-corrected chi connectivity index (χ2v) is 6.40. The third-order valence-electron chi connectivity index (χ3n) is 4.94. The number of aliphatic carboxylic acids is 1. The lowest BCUT2D eigenvalue weighted by atomic mass is 9.78. The second kappa shape index (κ2) is 7.78. The number of hydrogen-bond donors (Lipinski definition) is 2. The Morgan fingerprint density at radius 1 is 1.24 bits per heavy atom. The number of fused-ring (bicyclic) bond motifs is 1. The fraction of sp³-hybridized carbons (Fsp3) is 0.875. The van der Waals surface area contributed by atoms with Crippen LogP contribution >= 0.6 is 0 Å². The topological polar surface area (TPSA) is 69.6 Å². The van der Waals surface area contributed by atoms with Crippen LogP contribution in [0.15, 0.2) is 0 Å². The number of carbonyl (C=O) groups excluding carboxylic acids is 1. The normalized spacial score (nSPS) is 27.0. The highest BCUT2D eigenvalue weighted by molar-refractivity contribution is 5.80. The maximum absolute atomic E-state index is 12.5. The van der Waals surface area contributed by atoms with Gasteiger partial charge < -0.3 is 10.0 Å². The van der Waals surface area contributed by atoms with Gasteiger partial charge in [-0.3, -0.25) is 14.9 Å². The lowest BCUT2D eigenvalue weighted by Crippen LogP contribution is -2.53. The molecule has 1 saturated heterocycles. The summed E-state index contributed by atoms with van der Waals surface area (Å²) in [6.45, 7) is 2.95. The van der Waals surface area contributed by atoms with Crippen LogP contribution in [0.1, 0.15) is 58.3 Å². The Morgan fingerprint density at radius 3 is 2.67 bits per heavy atom. The largest absolute Gasteiger partial charge is 0.480 e. The van der Waals surface area contributed by atoms with Gasteiger partial charge in [-0.2, -0.15) is 0 Å². The Bertz CT molecular complexity index is 371. The van der Waals surface area contributed by atoms with Crippen molar-refractivity contribution in [2.75, 3.05) is 13.1 Å². The van der Waals surface area contributed by atoms with Gasteiger partial charge in [0.2, 0.25) is 5.91 Å². The second-order valence-electron chi connectivity index (χ2n) is 6.40. The van der Waals surface area contributed by atoms with E-state index in [-0.39, 0.29) is 12.5 Å². The molecule has 120 valence electrons. The van der Waals surface area contributed by atoms with Crippen molar-refractivity contribution in [3.63, 3.8) is 0 Å². The molecule has 0 aromatic carbocycles. The SMILES string of the molecule is CCC[C@H](NCC(=O)N1CCC[C@H]2CCCC[C@@H]21)C(=O)O. The first-order valence-corrected chi connectivity index (χ1v) is 8.39. The number of carbonyl (C=O) groups is 2. The smallest absolute Gasteiger partial charge is 0.320 e. The minimum absolute atomic E-state index is 0.0777. The Balaban J connectivity index is 1.88. The summed E-state index contributed by atoms with van der Waals surface area (Å²) >= 11 is 0. The maximum Gasteiger partial charge on any atom is 0.320 e. The number of carboxylic acids is 1. The third kappa shape index (κ3) is 4.19. The predicted octanol–water partition coefficient (Wildman–Crippen LogP) is 2.01. The van der Waals surface area contributed by atoms with Crippen molar-refractivity contribution >= 4 is 11.9 Å². The minimum atomic E-state index is -0.862. The van der Waals surface area contributed by atoms with Gasteiger partial charge in [0.05, 0.1) is 6.54 Å². The van der Waals surface area contributed by atoms with Crippen molar-refractivity contribution in [3.8, 4) is 0 Å². The molecule has 2 rings (SSSR count). The molecular weight excluding hydrogens is 268 g/mol. The first-order valence-electron chi connectivity index (χ1n) is 8.39. The summed E-state index contributed by atoms with van der Waals surface area (Å²) in [5.74, 6) is -0.116. The fourth-order valence-corrected chi connectivity index (χ4v) is 3.85. The number of amides is 1. The summed E-state index contributed by atoms with van der Waals surface area (Å²) in [6, 6.07) is -0.206. The van der Waals surface area contributed by atoms with E-state index in [1.54, 1.807) is 0 Å². The number of rotatable bonds is 6. The van der Waals surface area contributed by atoms with Crippen molar-refractivity contribution in [1.29, 1.82) is 0 Å². The molecule has 3 atom stereocenters. The molecular formula is C16H28N2O3. The van der Waals surface area contributed by atoms with E-state index in [1.807, 2.05) is 11.8 Å². The number of piperidine rings is 1. The summed E-state index contributed by atoms with van der Waals surface area (Å²) in [5.41, 5.74) is 0. The van der Waals surface area contributed by atoms with Gasteiger partial charge in [-0.05, 0) is 38.0 Å². The van der Waals surface area contributed by atoms with E-state index in [0.29, 0.717) is 18.4 Å². The average Bonchev–Trinajstić information content (AvgIpc) is 2.50. The zero-order chi connectivity index (χ0) is 15.2. The van der Waals surface area contributed by atoms with E-state index in [2.05, 4.69) is 5.32 Å². The van der Waals surface area contributed by atoms with Gasteiger partial charge in [-0.25, -0.2) is 0 Å². The lowest BCUT2D eigenvalue weighted by molar-refractivity contribution is -0.140. The van der Waals surface area contributed by atoms with Crippen LogP contribution in [0.5, 0.6) is 0 Å². The molecule has 0 aromatic heterocycles. The molecule has 0 radical (unpaired) electrons. The van der Waals surface area contributed by atoms with E-state index in [0.717, 1.165) is 25.8 Å². The summed E-state index contributed by atoms with van der Waals surface area (Å²) in [6.07, 6.45) is 8.56. The standard InChI is InChI=1S/C16H28N2O3/c1-2-6-13(16(20)21)17-11-15(19)18-10-5-8-12-7-3-4-9-14(12)18/h12-14,17H,2-11H2,1H3,(H,20,21)/t12-,13+,14+/m1/s1. The quantitative estimate of drug-likeness (QED) is 0.786. The summed E-state index contributed by atoms with van der Waals surface area (Å²) in [5, 5.41) is 12.0.